The highest BCUT2D eigenvalue weighted by Crippen LogP contribution is 2.21. The van der Waals surface area contributed by atoms with Crippen LogP contribution in [0.4, 0.5) is 0 Å². The van der Waals surface area contributed by atoms with Crippen molar-refractivity contribution in [2.24, 2.45) is 0 Å². The van der Waals surface area contributed by atoms with E-state index in [1.165, 1.54) is 6.92 Å². The van der Waals surface area contributed by atoms with Gasteiger partial charge in [-0.2, -0.15) is 0 Å². The fourth-order valence-electron chi connectivity index (χ4n) is 1.73. The van der Waals surface area contributed by atoms with Crippen molar-refractivity contribution in [3.63, 3.8) is 0 Å². The number of nitrogens with one attached hydrogen (secondary N) is 1. The van der Waals surface area contributed by atoms with Crippen LogP contribution in [0.15, 0.2) is 22.6 Å². The quantitative estimate of drug-likeness (QED) is 0.856. The molecule has 2 N–H and O–H groups in total. The third-order valence-corrected chi connectivity index (χ3v) is 2.45. The third-order valence-electron chi connectivity index (χ3n) is 2.45. The van der Waals surface area contributed by atoms with E-state index in [0.717, 1.165) is 0 Å². The molecule has 2 aromatic rings. The van der Waals surface area contributed by atoms with Crippen molar-refractivity contribution in [1.82, 2.24) is 10.3 Å². The molecule has 6 heteroatoms. The normalized spacial score (nSPS) is 12.3. The minimum Gasteiger partial charge on any atom is -0.479 e. The fraction of sp³-hybridized carbons (Fsp3) is 0.250. The zero-order valence-electron chi connectivity index (χ0n) is 9.93. The van der Waals surface area contributed by atoms with Crippen LogP contribution in [0.3, 0.4) is 0 Å². The monoisotopic (exact) mass is 248 g/mol. The van der Waals surface area contributed by atoms with Crippen LogP contribution < -0.4 is 5.32 Å². The number of fused-ring (bicyclic) bond motifs is 1. The van der Waals surface area contributed by atoms with Gasteiger partial charge in [0.25, 0.3) is 0 Å². The van der Waals surface area contributed by atoms with Gasteiger partial charge in [-0.25, -0.2) is 9.78 Å². The summed E-state index contributed by atoms with van der Waals surface area (Å²) in [6, 6.07) is 3.76. The maximum absolute atomic E-state index is 11.1. The van der Waals surface area contributed by atoms with E-state index < -0.39 is 17.9 Å². The van der Waals surface area contributed by atoms with E-state index in [0.29, 0.717) is 22.6 Å². The maximum atomic E-state index is 11.1. The second kappa shape index (κ2) is 4.48. The molecule has 94 valence electrons. The van der Waals surface area contributed by atoms with Gasteiger partial charge in [0.05, 0.1) is 0 Å². The Bertz CT molecular complexity index is 618. The Morgan fingerprint density at radius 3 is 2.78 bits per heavy atom. The summed E-state index contributed by atoms with van der Waals surface area (Å²) in [6.07, 6.45) is 0. The summed E-state index contributed by atoms with van der Waals surface area (Å²) in [5.74, 6) is -1.02. The number of carbonyl (C=O) groups excluding carboxylic acids is 1. The molecule has 1 heterocycles. The van der Waals surface area contributed by atoms with Crippen LogP contribution in [-0.2, 0) is 9.59 Å². The van der Waals surface area contributed by atoms with Gasteiger partial charge in [-0.15, -0.1) is 0 Å². The van der Waals surface area contributed by atoms with E-state index in [1.807, 2.05) is 0 Å². The molecule has 1 aromatic carbocycles. The molecular formula is C12H12N2O4. The van der Waals surface area contributed by atoms with Gasteiger partial charge in [0.1, 0.15) is 5.52 Å². The zero-order chi connectivity index (χ0) is 13.3. The Kier molecular flexibility index (Phi) is 3.01. The van der Waals surface area contributed by atoms with Crippen LogP contribution in [0, 0.1) is 6.92 Å². The average Bonchev–Trinajstić information content (AvgIpc) is 2.64. The molecule has 18 heavy (non-hydrogen) atoms. The van der Waals surface area contributed by atoms with Crippen molar-refractivity contribution in [1.29, 1.82) is 0 Å². The zero-order valence-corrected chi connectivity index (χ0v) is 9.93. The lowest BCUT2D eigenvalue weighted by Crippen LogP contribution is -2.31. The number of rotatable bonds is 3. The van der Waals surface area contributed by atoms with Gasteiger partial charge in [0.15, 0.2) is 17.5 Å². The Morgan fingerprint density at radius 2 is 2.17 bits per heavy atom. The summed E-state index contributed by atoms with van der Waals surface area (Å²) in [7, 11) is 0. The molecule has 1 atom stereocenters. The first-order valence-corrected chi connectivity index (χ1v) is 5.34. The topological polar surface area (TPSA) is 92.4 Å². The van der Waals surface area contributed by atoms with E-state index in [9.17, 15) is 9.59 Å². The summed E-state index contributed by atoms with van der Waals surface area (Å²) < 4.78 is 5.30. The van der Waals surface area contributed by atoms with Crippen molar-refractivity contribution in [3.8, 4) is 0 Å². The van der Waals surface area contributed by atoms with Crippen LogP contribution >= 0.6 is 0 Å². The molecule has 0 bridgehead atoms. The number of nitrogens with zero attached hydrogens (tertiary/aromatic N) is 1. The van der Waals surface area contributed by atoms with Crippen molar-refractivity contribution in [2.45, 2.75) is 19.9 Å². The fourth-order valence-corrected chi connectivity index (χ4v) is 1.73. The first-order valence-electron chi connectivity index (χ1n) is 5.34. The second-order valence-corrected chi connectivity index (χ2v) is 3.93. The van der Waals surface area contributed by atoms with Crippen molar-refractivity contribution in [3.05, 3.63) is 29.7 Å². The van der Waals surface area contributed by atoms with Gasteiger partial charge >= 0.3 is 5.97 Å². The highest BCUT2D eigenvalue weighted by atomic mass is 16.4. The molecule has 0 saturated carbocycles. The summed E-state index contributed by atoms with van der Waals surface area (Å²) in [5, 5.41) is 11.5. The molecule has 0 saturated heterocycles. The van der Waals surface area contributed by atoms with E-state index in [-0.39, 0.29) is 0 Å². The number of hydrogen-bond acceptors (Lipinski definition) is 4. The number of amides is 1. The Balaban J connectivity index is 2.43. The van der Waals surface area contributed by atoms with Gasteiger partial charge < -0.3 is 14.8 Å². The Hall–Kier alpha value is -2.37. The predicted molar refractivity (Wildman–Crippen MR) is 62.9 cm³/mol. The number of carboxylic acid groups (broad SMARTS) is 1. The van der Waals surface area contributed by atoms with Gasteiger partial charge in [0.2, 0.25) is 5.91 Å². The molecule has 6 nitrogen and oxygen atoms in total. The van der Waals surface area contributed by atoms with E-state index in [1.54, 1.807) is 25.1 Å². The summed E-state index contributed by atoms with van der Waals surface area (Å²) in [5.41, 5.74) is 1.61. The first kappa shape index (κ1) is 12.1. The minimum atomic E-state index is -1.12. The number of oxazole rings is 1. The largest absolute Gasteiger partial charge is 0.479 e. The highest BCUT2D eigenvalue weighted by molar-refractivity contribution is 5.84. The molecule has 0 aliphatic rings. The number of aliphatic carboxylic acids is 1. The van der Waals surface area contributed by atoms with Gasteiger partial charge in [-0.05, 0) is 17.7 Å². The van der Waals surface area contributed by atoms with E-state index in [2.05, 4.69) is 10.3 Å². The van der Waals surface area contributed by atoms with Crippen molar-refractivity contribution in [2.75, 3.05) is 0 Å². The third kappa shape index (κ3) is 2.32. The van der Waals surface area contributed by atoms with Crippen molar-refractivity contribution >= 4 is 23.0 Å². The number of carbonyl (C=O) groups is 2. The number of carboxylic acids is 1. The molecule has 1 aromatic heterocycles. The molecule has 0 aliphatic heterocycles. The van der Waals surface area contributed by atoms with E-state index >= 15 is 0 Å². The predicted octanol–water partition coefficient (Wildman–Crippen LogP) is 1.40. The lowest BCUT2D eigenvalue weighted by Gasteiger charge is -2.13. The Labute approximate surface area is 103 Å². The standard InChI is InChI=1S/C12H12N2O4/c1-6(15)13-11(12(16)17)8-3-4-10-9(5-8)14-7(2)18-10/h3-5,11H,1-2H3,(H,13,15)(H,16,17). The summed E-state index contributed by atoms with van der Waals surface area (Å²) >= 11 is 0. The highest BCUT2D eigenvalue weighted by Gasteiger charge is 2.21. The summed E-state index contributed by atoms with van der Waals surface area (Å²) in [4.78, 5) is 26.2. The first-order chi connectivity index (χ1) is 8.47. The number of aryl methyl sites for hydroxylation is 1. The average molecular weight is 248 g/mol. The van der Waals surface area contributed by atoms with Crippen LogP contribution in [-0.4, -0.2) is 22.0 Å². The molecule has 1 unspecified atom stereocenters. The summed E-state index contributed by atoms with van der Waals surface area (Å²) in [6.45, 7) is 2.98. The smallest absolute Gasteiger partial charge is 0.330 e. The van der Waals surface area contributed by atoms with Gasteiger partial charge in [-0.1, -0.05) is 6.07 Å². The minimum absolute atomic E-state index is 0.404. The van der Waals surface area contributed by atoms with Crippen LogP contribution in [0.5, 0.6) is 0 Å². The second-order valence-electron chi connectivity index (χ2n) is 3.93. The molecular weight excluding hydrogens is 236 g/mol. The van der Waals surface area contributed by atoms with Crippen LogP contribution in [0.25, 0.3) is 11.1 Å². The van der Waals surface area contributed by atoms with Crippen molar-refractivity contribution < 1.29 is 19.1 Å². The van der Waals surface area contributed by atoms with Crippen LogP contribution in [0.1, 0.15) is 24.4 Å². The molecule has 2 rings (SSSR count). The SMILES string of the molecule is CC(=O)NC(C(=O)O)c1ccc2oc(C)nc2c1. The molecule has 0 radical (unpaired) electrons. The molecule has 1 amide bonds. The molecule has 0 spiro atoms. The number of benzene rings is 1. The lowest BCUT2D eigenvalue weighted by molar-refractivity contribution is -0.141. The van der Waals surface area contributed by atoms with E-state index in [4.69, 9.17) is 9.52 Å². The van der Waals surface area contributed by atoms with Crippen LogP contribution in [0.2, 0.25) is 0 Å². The number of aromatic nitrogens is 1. The molecule has 0 aliphatic carbocycles. The maximum Gasteiger partial charge on any atom is 0.330 e. The lowest BCUT2D eigenvalue weighted by atomic mass is 10.1. The number of hydrogen-bond donors (Lipinski definition) is 2. The molecule has 0 fully saturated rings. The van der Waals surface area contributed by atoms with Gasteiger partial charge in [-0.3, -0.25) is 4.79 Å². The van der Waals surface area contributed by atoms with Gasteiger partial charge in [0, 0.05) is 13.8 Å². The Morgan fingerprint density at radius 1 is 1.44 bits per heavy atom.